The maximum Gasteiger partial charge on any atom is 0.124 e. The fraction of sp³-hybridized carbons (Fsp3) is 0. The Labute approximate surface area is 137 Å². The third-order valence-corrected chi connectivity index (χ3v) is 4.73. The minimum atomic E-state index is 0.527. The van der Waals surface area contributed by atoms with E-state index in [0.29, 0.717) is 5.82 Å². The normalized spacial score (nSPS) is 11.0. The number of hydrogen-bond acceptors (Lipinski definition) is 5. The zero-order valence-corrected chi connectivity index (χ0v) is 13.0. The molecule has 4 N–H and O–H groups in total. The van der Waals surface area contributed by atoms with Crippen LogP contribution in [0.3, 0.4) is 0 Å². The zero-order chi connectivity index (χ0) is 15.8. The van der Waals surface area contributed by atoms with Crippen LogP contribution < -0.4 is 11.5 Å². The first-order chi connectivity index (χ1) is 11.2. The van der Waals surface area contributed by atoms with Crippen LogP contribution in [0.1, 0.15) is 0 Å². The molecular formula is C18H14N4S. The summed E-state index contributed by atoms with van der Waals surface area (Å²) in [6.45, 7) is 0. The quantitative estimate of drug-likeness (QED) is 0.543. The molecule has 0 spiro atoms. The van der Waals surface area contributed by atoms with Crippen LogP contribution >= 0.6 is 11.3 Å². The number of aromatic nitrogens is 2. The molecule has 4 rings (SSSR count). The first kappa shape index (κ1) is 13.7. The maximum absolute atomic E-state index is 5.83. The molecule has 0 saturated heterocycles. The van der Waals surface area contributed by atoms with E-state index in [9.17, 15) is 0 Å². The fourth-order valence-electron chi connectivity index (χ4n) is 2.45. The van der Waals surface area contributed by atoms with E-state index in [0.717, 1.165) is 37.6 Å². The molecule has 0 amide bonds. The molecule has 5 heteroatoms. The Hall–Kier alpha value is -2.92. The summed E-state index contributed by atoms with van der Waals surface area (Å²) >= 11 is 1.65. The fourth-order valence-corrected chi connectivity index (χ4v) is 3.47. The van der Waals surface area contributed by atoms with Crippen molar-refractivity contribution in [2.45, 2.75) is 0 Å². The van der Waals surface area contributed by atoms with Gasteiger partial charge in [-0.3, -0.25) is 0 Å². The van der Waals surface area contributed by atoms with Crippen molar-refractivity contribution >= 4 is 33.1 Å². The standard InChI is InChI=1S/C18H14N4S/c19-14-6-7-15-16(9-14)23-18(22-15)12-3-1-11(2-4-12)13-5-8-17(20)21-10-13/h1-10H,19H2,(H2,20,21). The molecule has 0 saturated carbocycles. The van der Waals surface area contributed by atoms with Crippen LogP contribution in [0.2, 0.25) is 0 Å². The Morgan fingerprint density at radius 2 is 1.52 bits per heavy atom. The molecule has 23 heavy (non-hydrogen) atoms. The van der Waals surface area contributed by atoms with Gasteiger partial charge in [-0.05, 0) is 35.9 Å². The van der Waals surface area contributed by atoms with Crippen LogP contribution in [0.25, 0.3) is 31.9 Å². The Morgan fingerprint density at radius 3 is 2.26 bits per heavy atom. The predicted octanol–water partition coefficient (Wildman–Crippen LogP) is 4.19. The van der Waals surface area contributed by atoms with Gasteiger partial charge in [-0.2, -0.15) is 0 Å². The predicted molar refractivity (Wildman–Crippen MR) is 97.1 cm³/mol. The minimum absolute atomic E-state index is 0.527. The van der Waals surface area contributed by atoms with E-state index >= 15 is 0 Å². The van der Waals surface area contributed by atoms with Gasteiger partial charge in [-0.1, -0.05) is 24.3 Å². The molecule has 0 unspecified atom stereocenters. The second kappa shape index (κ2) is 5.37. The molecule has 0 aliphatic carbocycles. The van der Waals surface area contributed by atoms with Gasteiger partial charge in [-0.15, -0.1) is 11.3 Å². The number of hydrogen-bond donors (Lipinski definition) is 2. The molecule has 2 aromatic heterocycles. The second-order valence-electron chi connectivity index (χ2n) is 5.30. The summed E-state index contributed by atoms with van der Waals surface area (Å²) in [7, 11) is 0. The lowest BCUT2D eigenvalue weighted by atomic mass is 10.1. The van der Waals surface area contributed by atoms with Crippen LogP contribution in [0, 0.1) is 0 Å². The van der Waals surface area contributed by atoms with Crippen LogP contribution in [0.5, 0.6) is 0 Å². The molecule has 0 aliphatic rings. The first-order valence-corrected chi connectivity index (χ1v) is 7.99. The number of anilines is 2. The number of nitrogen functional groups attached to an aromatic ring is 2. The lowest BCUT2D eigenvalue weighted by Crippen LogP contribution is -1.88. The van der Waals surface area contributed by atoms with Gasteiger partial charge in [0, 0.05) is 23.0 Å². The number of fused-ring (bicyclic) bond motifs is 1. The van der Waals surface area contributed by atoms with Crippen molar-refractivity contribution in [3.63, 3.8) is 0 Å². The lowest BCUT2D eigenvalue weighted by Gasteiger charge is -2.03. The summed E-state index contributed by atoms with van der Waals surface area (Å²) in [6.07, 6.45) is 1.78. The lowest BCUT2D eigenvalue weighted by molar-refractivity contribution is 1.34. The van der Waals surface area contributed by atoms with Crippen molar-refractivity contribution in [1.29, 1.82) is 0 Å². The highest BCUT2D eigenvalue weighted by Crippen LogP contribution is 2.32. The monoisotopic (exact) mass is 318 g/mol. The third-order valence-electron chi connectivity index (χ3n) is 3.66. The minimum Gasteiger partial charge on any atom is -0.399 e. The summed E-state index contributed by atoms with van der Waals surface area (Å²) in [4.78, 5) is 8.80. The highest BCUT2D eigenvalue weighted by molar-refractivity contribution is 7.21. The third kappa shape index (κ3) is 2.62. The molecule has 4 aromatic rings. The summed E-state index contributed by atoms with van der Waals surface area (Å²) in [6, 6.07) is 17.9. The van der Waals surface area contributed by atoms with Gasteiger partial charge in [0.05, 0.1) is 10.2 Å². The highest BCUT2D eigenvalue weighted by atomic mass is 32.1. The highest BCUT2D eigenvalue weighted by Gasteiger charge is 2.07. The van der Waals surface area contributed by atoms with Crippen LogP contribution in [0.4, 0.5) is 11.5 Å². The van der Waals surface area contributed by atoms with Crippen molar-refractivity contribution in [2.75, 3.05) is 11.5 Å². The van der Waals surface area contributed by atoms with Crippen molar-refractivity contribution in [3.8, 4) is 21.7 Å². The van der Waals surface area contributed by atoms with Gasteiger partial charge in [0.15, 0.2) is 0 Å². The van der Waals surface area contributed by atoms with Gasteiger partial charge >= 0.3 is 0 Å². The molecule has 0 aliphatic heterocycles. The number of thiazole rings is 1. The van der Waals surface area contributed by atoms with E-state index in [1.807, 2.05) is 24.3 Å². The van der Waals surface area contributed by atoms with E-state index in [4.69, 9.17) is 11.5 Å². The Morgan fingerprint density at radius 1 is 0.783 bits per heavy atom. The van der Waals surface area contributed by atoms with E-state index in [-0.39, 0.29) is 0 Å². The molecule has 0 atom stereocenters. The van der Waals surface area contributed by atoms with Crippen molar-refractivity contribution in [3.05, 3.63) is 60.8 Å². The average molecular weight is 318 g/mol. The van der Waals surface area contributed by atoms with Gasteiger partial charge in [0.2, 0.25) is 0 Å². The van der Waals surface area contributed by atoms with E-state index in [2.05, 4.69) is 34.2 Å². The van der Waals surface area contributed by atoms with Crippen molar-refractivity contribution in [2.24, 2.45) is 0 Å². The molecule has 0 fully saturated rings. The SMILES string of the molecule is Nc1ccc2nc(-c3ccc(-c4ccc(N)nc4)cc3)sc2c1. The van der Waals surface area contributed by atoms with E-state index in [1.54, 1.807) is 23.6 Å². The van der Waals surface area contributed by atoms with E-state index < -0.39 is 0 Å². The number of rotatable bonds is 2. The summed E-state index contributed by atoms with van der Waals surface area (Å²) in [5.41, 5.74) is 16.4. The van der Waals surface area contributed by atoms with Gasteiger partial charge in [0.25, 0.3) is 0 Å². The Bertz CT molecular complexity index is 972. The van der Waals surface area contributed by atoms with Gasteiger partial charge in [-0.25, -0.2) is 9.97 Å². The zero-order valence-electron chi connectivity index (χ0n) is 12.2. The second-order valence-corrected chi connectivity index (χ2v) is 6.33. The molecular weight excluding hydrogens is 304 g/mol. The number of nitrogens with two attached hydrogens (primary N) is 2. The molecule has 0 bridgehead atoms. The van der Waals surface area contributed by atoms with Crippen LogP contribution in [-0.4, -0.2) is 9.97 Å². The summed E-state index contributed by atoms with van der Waals surface area (Å²) in [5.74, 6) is 0.527. The van der Waals surface area contributed by atoms with Crippen LogP contribution in [-0.2, 0) is 0 Å². The number of pyridine rings is 1. The van der Waals surface area contributed by atoms with Gasteiger partial charge < -0.3 is 11.5 Å². The summed E-state index contributed by atoms with van der Waals surface area (Å²) < 4.78 is 1.10. The smallest absolute Gasteiger partial charge is 0.124 e. The molecule has 2 aromatic carbocycles. The first-order valence-electron chi connectivity index (χ1n) is 7.17. The molecule has 112 valence electrons. The molecule has 2 heterocycles. The maximum atomic E-state index is 5.83. The molecule has 4 nitrogen and oxygen atoms in total. The Balaban J connectivity index is 1.70. The topological polar surface area (TPSA) is 77.8 Å². The average Bonchev–Trinajstić information content (AvgIpc) is 2.99. The van der Waals surface area contributed by atoms with Crippen LogP contribution in [0.15, 0.2) is 60.8 Å². The Kier molecular flexibility index (Phi) is 3.20. The van der Waals surface area contributed by atoms with Crippen molar-refractivity contribution in [1.82, 2.24) is 9.97 Å². The molecule has 0 radical (unpaired) electrons. The largest absolute Gasteiger partial charge is 0.399 e. The summed E-state index contributed by atoms with van der Waals surface area (Å²) in [5, 5.41) is 0.993. The van der Waals surface area contributed by atoms with Crippen molar-refractivity contribution < 1.29 is 0 Å². The van der Waals surface area contributed by atoms with E-state index in [1.165, 1.54) is 0 Å². The number of nitrogens with zero attached hydrogens (tertiary/aromatic N) is 2. The number of benzene rings is 2. The van der Waals surface area contributed by atoms with Gasteiger partial charge in [0.1, 0.15) is 10.8 Å².